The van der Waals surface area contributed by atoms with E-state index in [1.165, 1.54) is 0 Å². The lowest BCUT2D eigenvalue weighted by molar-refractivity contribution is -0.149. The molecular weight excluding hydrogens is 226 g/mol. The second-order valence-electron chi connectivity index (χ2n) is 4.13. The Kier molecular flexibility index (Phi) is 6.16. The van der Waals surface area contributed by atoms with E-state index in [0.717, 1.165) is 25.1 Å². The minimum Gasteiger partial charge on any atom is -0.479 e. The first-order valence-corrected chi connectivity index (χ1v) is 7.17. The Morgan fingerprint density at radius 2 is 2.38 bits per heavy atom. The first kappa shape index (κ1) is 13.8. The third-order valence-corrected chi connectivity index (χ3v) is 3.61. The highest BCUT2D eigenvalue weighted by molar-refractivity contribution is 7.98. The van der Waals surface area contributed by atoms with E-state index in [4.69, 9.17) is 9.84 Å². The lowest BCUT2D eigenvalue weighted by atomic mass is 10.2. The van der Waals surface area contributed by atoms with Crippen LogP contribution in [-0.4, -0.2) is 47.9 Å². The number of carboxylic acids is 1. The van der Waals surface area contributed by atoms with Crippen LogP contribution in [0.25, 0.3) is 0 Å². The fraction of sp³-hybridized carbons (Fsp3) is 0.909. The third kappa shape index (κ3) is 4.31. The molecule has 0 aromatic rings. The van der Waals surface area contributed by atoms with Gasteiger partial charge in [0.1, 0.15) is 0 Å². The van der Waals surface area contributed by atoms with E-state index in [0.29, 0.717) is 12.5 Å². The fourth-order valence-corrected chi connectivity index (χ4v) is 2.61. The van der Waals surface area contributed by atoms with Crippen LogP contribution >= 0.6 is 11.8 Å². The molecule has 5 heteroatoms. The van der Waals surface area contributed by atoms with Crippen molar-refractivity contribution in [3.8, 4) is 0 Å². The first-order chi connectivity index (χ1) is 7.67. The number of ether oxygens (including phenoxy) is 1. The lowest BCUT2D eigenvalue weighted by Crippen LogP contribution is -2.37. The molecule has 2 N–H and O–H groups in total. The number of hydrogen-bond donors (Lipinski definition) is 2. The number of rotatable bonds is 7. The van der Waals surface area contributed by atoms with Crippen LogP contribution in [0.1, 0.15) is 26.2 Å². The van der Waals surface area contributed by atoms with Crippen LogP contribution in [0.2, 0.25) is 0 Å². The fourth-order valence-electron chi connectivity index (χ4n) is 1.86. The summed E-state index contributed by atoms with van der Waals surface area (Å²) >= 11 is 1.82. The zero-order valence-corrected chi connectivity index (χ0v) is 10.8. The zero-order chi connectivity index (χ0) is 12.0. The van der Waals surface area contributed by atoms with Gasteiger partial charge in [-0.15, -0.1) is 0 Å². The number of carbonyl (C=O) groups is 1. The maximum absolute atomic E-state index is 10.7. The molecule has 1 fully saturated rings. The summed E-state index contributed by atoms with van der Waals surface area (Å²) in [5.41, 5.74) is 0. The van der Waals surface area contributed by atoms with Crippen molar-refractivity contribution < 1.29 is 14.6 Å². The summed E-state index contributed by atoms with van der Waals surface area (Å²) in [5, 5.41) is 12.2. The van der Waals surface area contributed by atoms with Crippen molar-refractivity contribution in [1.29, 1.82) is 0 Å². The molecule has 3 atom stereocenters. The summed E-state index contributed by atoms with van der Waals surface area (Å²) in [5.74, 6) is 0.254. The topological polar surface area (TPSA) is 58.6 Å². The summed E-state index contributed by atoms with van der Waals surface area (Å²) in [6.45, 7) is 2.92. The van der Waals surface area contributed by atoms with Gasteiger partial charge >= 0.3 is 5.97 Å². The van der Waals surface area contributed by atoms with Crippen LogP contribution in [0.4, 0.5) is 0 Å². The Morgan fingerprint density at radius 3 is 2.88 bits per heavy atom. The second-order valence-corrected chi connectivity index (χ2v) is 5.04. The quantitative estimate of drug-likeness (QED) is 0.711. The van der Waals surface area contributed by atoms with Gasteiger partial charge in [-0.1, -0.05) is 6.92 Å². The molecule has 0 bridgehead atoms. The molecule has 0 saturated carbocycles. The Balaban J connectivity index is 2.21. The molecule has 0 spiro atoms. The van der Waals surface area contributed by atoms with E-state index < -0.39 is 12.1 Å². The molecule has 0 aliphatic carbocycles. The van der Waals surface area contributed by atoms with E-state index >= 15 is 0 Å². The molecule has 1 aliphatic rings. The number of hydrogen-bond acceptors (Lipinski definition) is 4. The Morgan fingerprint density at radius 1 is 1.62 bits per heavy atom. The molecule has 94 valence electrons. The predicted octanol–water partition coefficient (Wildman–Crippen LogP) is 1.35. The molecular formula is C11H21NO3S. The van der Waals surface area contributed by atoms with Crippen molar-refractivity contribution in [3.05, 3.63) is 0 Å². The van der Waals surface area contributed by atoms with Gasteiger partial charge in [0.2, 0.25) is 0 Å². The SMILES string of the molecule is CCC(CSC)NCC1CCC(C(=O)O)O1. The van der Waals surface area contributed by atoms with Crippen LogP contribution in [0.15, 0.2) is 0 Å². The molecule has 1 heterocycles. The highest BCUT2D eigenvalue weighted by Crippen LogP contribution is 2.19. The van der Waals surface area contributed by atoms with Crippen LogP contribution in [0, 0.1) is 0 Å². The van der Waals surface area contributed by atoms with E-state index in [1.54, 1.807) is 0 Å². The van der Waals surface area contributed by atoms with Gasteiger partial charge in [0, 0.05) is 18.3 Å². The third-order valence-electron chi connectivity index (χ3n) is 2.88. The van der Waals surface area contributed by atoms with E-state index in [2.05, 4.69) is 18.5 Å². The Bertz CT molecular complexity index is 225. The molecule has 1 rings (SSSR count). The largest absolute Gasteiger partial charge is 0.479 e. The molecule has 4 nitrogen and oxygen atoms in total. The molecule has 0 aromatic heterocycles. The lowest BCUT2D eigenvalue weighted by Gasteiger charge is -2.18. The van der Waals surface area contributed by atoms with Gasteiger partial charge in [-0.2, -0.15) is 11.8 Å². The average molecular weight is 247 g/mol. The monoisotopic (exact) mass is 247 g/mol. The number of nitrogens with one attached hydrogen (secondary N) is 1. The van der Waals surface area contributed by atoms with Crippen molar-refractivity contribution in [2.24, 2.45) is 0 Å². The number of aliphatic carboxylic acids is 1. The first-order valence-electron chi connectivity index (χ1n) is 5.78. The highest BCUT2D eigenvalue weighted by Gasteiger charge is 2.30. The van der Waals surface area contributed by atoms with Gasteiger partial charge in [-0.25, -0.2) is 4.79 Å². The molecule has 1 aliphatic heterocycles. The van der Waals surface area contributed by atoms with Crippen LogP contribution in [0.5, 0.6) is 0 Å². The molecule has 1 saturated heterocycles. The molecule has 0 aromatic carbocycles. The van der Waals surface area contributed by atoms with Crippen molar-refractivity contribution >= 4 is 17.7 Å². The maximum atomic E-state index is 10.7. The number of thioether (sulfide) groups is 1. The van der Waals surface area contributed by atoms with Crippen LogP contribution < -0.4 is 5.32 Å². The van der Waals surface area contributed by atoms with Gasteiger partial charge < -0.3 is 15.2 Å². The minimum absolute atomic E-state index is 0.0667. The summed E-state index contributed by atoms with van der Waals surface area (Å²) < 4.78 is 5.43. The van der Waals surface area contributed by atoms with E-state index in [1.807, 2.05) is 11.8 Å². The van der Waals surface area contributed by atoms with Gasteiger partial charge in [-0.3, -0.25) is 0 Å². The zero-order valence-electron chi connectivity index (χ0n) is 9.94. The maximum Gasteiger partial charge on any atom is 0.332 e. The van der Waals surface area contributed by atoms with Crippen molar-refractivity contribution in [2.75, 3.05) is 18.6 Å². The van der Waals surface area contributed by atoms with Gasteiger partial charge in [-0.05, 0) is 25.5 Å². The smallest absolute Gasteiger partial charge is 0.332 e. The Labute approximate surface area is 101 Å². The van der Waals surface area contributed by atoms with Gasteiger partial charge in [0.15, 0.2) is 6.10 Å². The molecule has 3 unspecified atom stereocenters. The van der Waals surface area contributed by atoms with Crippen molar-refractivity contribution in [2.45, 2.75) is 44.4 Å². The van der Waals surface area contributed by atoms with E-state index in [9.17, 15) is 4.79 Å². The highest BCUT2D eigenvalue weighted by atomic mass is 32.2. The summed E-state index contributed by atoms with van der Waals surface area (Å²) in [7, 11) is 0. The number of carboxylic acid groups (broad SMARTS) is 1. The standard InChI is InChI=1S/C11H21NO3S/c1-3-8(7-16-2)12-6-9-4-5-10(15-9)11(13)14/h8-10,12H,3-7H2,1-2H3,(H,13,14). The summed E-state index contributed by atoms with van der Waals surface area (Å²) in [6, 6.07) is 0.502. The average Bonchev–Trinajstić information content (AvgIpc) is 2.73. The van der Waals surface area contributed by atoms with E-state index in [-0.39, 0.29) is 6.10 Å². The van der Waals surface area contributed by atoms with Crippen molar-refractivity contribution in [1.82, 2.24) is 5.32 Å². The van der Waals surface area contributed by atoms with Crippen LogP contribution in [-0.2, 0) is 9.53 Å². The van der Waals surface area contributed by atoms with Gasteiger partial charge in [0.25, 0.3) is 0 Å². The molecule has 0 amide bonds. The Hall–Kier alpha value is -0.260. The molecule has 0 radical (unpaired) electrons. The minimum atomic E-state index is -0.835. The normalized spacial score (nSPS) is 26.9. The second kappa shape index (κ2) is 7.14. The predicted molar refractivity (Wildman–Crippen MR) is 66.0 cm³/mol. The van der Waals surface area contributed by atoms with Crippen LogP contribution in [0.3, 0.4) is 0 Å². The van der Waals surface area contributed by atoms with Crippen molar-refractivity contribution in [3.63, 3.8) is 0 Å². The summed E-state index contributed by atoms with van der Waals surface area (Å²) in [6.07, 6.45) is 4.15. The van der Waals surface area contributed by atoms with Gasteiger partial charge in [0.05, 0.1) is 6.10 Å². The molecule has 16 heavy (non-hydrogen) atoms. The summed E-state index contributed by atoms with van der Waals surface area (Å²) in [4.78, 5) is 10.7.